The van der Waals surface area contributed by atoms with Gasteiger partial charge in [-0.1, -0.05) is 18.6 Å². The van der Waals surface area contributed by atoms with Crippen molar-refractivity contribution in [1.82, 2.24) is 5.43 Å². The maximum Gasteiger partial charge on any atom is 0.271 e. The van der Waals surface area contributed by atoms with E-state index in [0.29, 0.717) is 11.5 Å². The van der Waals surface area contributed by atoms with Gasteiger partial charge < -0.3 is 0 Å². The third kappa shape index (κ3) is 7.35. The summed E-state index contributed by atoms with van der Waals surface area (Å²) in [5.41, 5.74) is 4.04. The second kappa shape index (κ2) is 9.50. The Morgan fingerprint density at radius 2 is 2.00 bits per heavy atom. The Morgan fingerprint density at radius 1 is 1.35 bits per heavy atom. The molecule has 0 aliphatic heterocycles. The average molecular weight is 317 g/mol. The lowest BCUT2D eigenvalue weighted by atomic mass is 10.0. The average Bonchev–Trinajstić information content (AvgIpc) is 2.51. The van der Waals surface area contributed by atoms with Gasteiger partial charge in [0, 0.05) is 23.9 Å². The number of benzene rings is 1. The fourth-order valence-corrected chi connectivity index (χ4v) is 1.91. The quantitative estimate of drug-likeness (QED) is 0.339. The molecule has 6 heteroatoms. The first-order valence-corrected chi connectivity index (χ1v) is 7.60. The van der Waals surface area contributed by atoms with Crippen molar-refractivity contribution in [3.8, 4) is 0 Å². The smallest absolute Gasteiger partial charge is 0.267 e. The molecule has 23 heavy (non-hydrogen) atoms. The third-order valence-corrected chi connectivity index (χ3v) is 3.32. The summed E-state index contributed by atoms with van der Waals surface area (Å²) in [6.45, 7) is 6.31. The van der Waals surface area contributed by atoms with Crippen molar-refractivity contribution in [2.45, 2.75) is 40.0 Å². The van der Waals surface area contributed by atoms with Crippen LogP contribution in [-0.2, 0) is 0 Å². The number of hydrazone groups is 1. The van der Waals surface area contributed by atoms with Crippen molar-refractivity contribution < 1.29 is 9.72 Å². The van der Waals surface area contributed by atoms with E-state index in [1.807, 2.05) is 0 Å². The van der Waals surface area contributed by atoms with Crippen molar-refractivity contribution in [3.63, 3.8) is 0 Å². The highest BCUT2D eigenvalue weighted by atomic mass is 16.6. The standard InChI is InChI=1S/C17H23N3O3/c1-13(2)5-4-6-14(3)11-12-18-19-17(21)15-7-9-16(10-8-15)20(22)23/h5,7-10,12,14H,4,6,11H2,1-3H3,(H,19,21)/b18-12-/t14-/m0/s1. The number of nitro groups is 1. The van der Waals surface area contributed by atoms with Gasteiger partial charge in [0.1, 0.15) is 0 Å². The van der Waals surface area contributed by atoms with E-state index >= 15 is 0 Å². The number of nitro benzene ring substituents is 1. The molecule has 0 fully saturated rings. The molecule has 6 nitrogen and oxygen atoms in total. The SMILES string of the molecule is CC(C)=CCC[C@H](C)C/C=N\NC(=O)c1ccc([N+](=O)[O-])cc1. The van der Waals surface area contributed by atoms with Crippen molar-refractivity contribution in [2.75, 3.05) is 0 Å². The molecule has 0 heterocycles. The zero-order chi connectivity index (χ0) is 17.2. The molecule has 1 atom stereocenters. The van der Waals surface area contributed by atoms with Crippen LogP contribution in [-0.4, -0.2) is 17.0 Å². The Morgan fingerprint density at radius 3 is 2.57 bits per heavy atom. The van der Waals surface area contributed by atoms with E-state index < -0.39 is 4.92 Å². The van der Waals surface area contributed by atoms with Crippen molar-refractivity contribution in [3.05, 3.63) is 51.6 Å². The van der Waals surface area contributed by atoms with Gasteiger partial charge in [-0.15, -0.1) is 0 Å². The van der Waals surface area contributed by atoms with Gasteiger partial charge in [-0.2, -0.15) is 5.10 Å². The minimum absolute atomic E-state index is 0.0461. The number of hydrogen-bond acceptors (Lipinski definition) is 4. The van der Waals surface area contributed by atoms with Crippen LogP contribution in [0.1, 0.15) is 50.4 Å². The van der Waals surface area contributed by atoms with Gasteiger partial charge in [-0.25, -0.2) is 5.43 Å². The monoisotopic (exact) mass is 317 g/mol. The maximum atomic E-state index is 11.8. The van der Waals surface area contributed by atoms with Gasteiger partial charge in [0.05, 0.1) is 4.92 Å². The molecular formula is C17H23N3O3. The molecule has 1 rings (SSSR count). The summed E-state index contributed by atoms with van der Waals surface area (Å²) >= 11 is 0. The van der Waals surface area contributed by atoms with Gasteiger partial charge >= 0.3 is 0 Å². The number of nitrogens with one attached hydrogen (secondary N) is 1. The molecule has 124 valence electrons. The first-order valence-electron chi connectivity index (χ1n) is 7.60. The minimum Gasteiger partial charge on any atom is -0.267 e. The fourth-order valence-electron chi connectivity index (χ4n) is 1.91. The normalized spacial score (nSPS) is 12.0. The molecule has 0 unspecified atom stereocenters. The predicted octanol–water partition coefficient (Wildman–Crippen LogP) is 4.08. The van der Waals surface area contributed by atoms with Crippen LogP contribution < -0.4 is 5.43 Å². The molecule has 1 amide bonds. The zero-order valence-corrected chi connectivity index (χ0v) is 13.8. The Kier molecular flexibility index (Phi) is 7.66. The summed E-state index contributed by atoms with van der Waals surface area (Å²) < 4.78 is 0. The molecule has 0 spiro atoms. The van der Waals surface area contributed by atoms with Crippen LogP contribution in [0.5, 0.6) is 0 Å². The second-order valence-electron chi connectivity index (χ2n) is 5.76. The molecule has 0 bridgehead atoms. The van der Waals surface area contributed by atoms with E-state index in [-0.39, 0.29) is 11.6 Å². The Balaban J connectivity index is 2.37. The van der Waals surface area contributed by atoms with Gasteiger partial charge in [-0.05, 0) is 51.2 Å². The second-order valence-corrected chi connectivity index (χ2v) is 5.76. The molecule has 0 aromatic heterocycles. The predicted molar refractivity (Wildman–Crippen MR) is 91.5 cm³/mol. The Labute approximate surface area is 136 Å². The van der Waals surface area contributed by atoms with E-state index in [2.05, 4.69) is 37.4 Å². The lowest BCUT2D eigenvalue weighted by molar-refractivity contribution is -0.384. The van der Waals surface area contributed by atoms with Crippen molar-refractivity contribution in [2.24, 2.45) is 11.0 Å². The molecule has 0 saturated heterocycles. The van der Waals surface area contributed by atoms with Gasteiger partial charge in [0.25, 0.3) is 11.6 Å². The van der Waals surface area contributed by atoms with E-state index in [0.717, 1.165) is 19.3 Å². The molecular weight excluding hydrogens is 294 g/mol. The molecule has 1 N–H and O–H groups in total. The third-order valence-electron chi connectivity index (χ3n) is 3.32. The topological polar surface area (TPSA) is 84.6 Å². The van der Waals surface area contributed by atoms with Crippen LogP contribution in [0.15, 0.2) is 41.0 Å². The highest BCUT2D eigenvalue weighted by Crippen LogP contribution is 2.12. The van der Waals surface area contributed by atoms with Crippen LogP contribution in [0, 0.1) is 16.0 Å². The summed E-state index contributed by atoms with van der Waals surface area (Å²) in [5, 5.41) is 14.5. The van der Waals surface area contributed by atoms with Gasteiger partial charge in [0.2, 0.25) is 0 Å². The molecule has 1 aromatic rings. The van der Waals surface area contributed by atoms with Gasteiger partial charge in [-0.3, -0.25) is 14.9 Å². The van der Waals surface area contributed by atoms with Crippen LogP contribution >= 0.6 is 0 Å². The van der Waals surface area contributed by atoms with E-state index in [4.69, 9.17) is 0 Å². The van der Waals surface area contributed by atoms with E-state index in [1.165, 1.54) is 29.8 Å². The molecule has 1 aromatic carbocycles. The number of rotatable bonds is 8. The van der Waals surface area contributed by atoms with E-state index in [9.17, 15) is 14.9 Å². The summed E-state index contributed by atoms with van der Waals surface area (Å²) in [7, 11) is 0. The van der Waals surface area contributed by atoms with Crippen molar-refractivity contribution >= 4 is 17.8 Å². The largest absolute Gasteiger partial charge is 0.271 e. The molecule has 0 aliphatic rings. The first kappa shape index (κ1) is 18.5. The number of carbonyl (C=O) groups excluding carboxylic acids is 1. The summed E-state index contributed by atoms with van der Waals surface area (Å²) in [6, 6.07) is 5.41. The minimum atomic E-state index is -0.504. The van der Waals surface area contributed by atoms with Gasteiger partial charge in [0.15, 0.2) is 0 Å². The summed E-state index contributed by atoms with van der Waals surface area (Å²) in [6.07, 6.45) is 6.82. The summed E-state index contributed by atoms with van der Waals surface area (Å²) in [4.78, 5) is 21.9. The highest BCUT2D eigenvalue weighted by Gasteiger charge is 2.08. The zero-order valence-electron chi connectivity index (χ0n) is 13.8. The number of carbonyl (C=O) groups is 1. The number of allylic oxidation sites excluding steroid dienone is 2. The lowest BCUT2D eigenvalue weighted by Crippen LogP contribution is -2.17. The summed E-state index contributed by atoms with van der Waals surface area (Å²) in [5.74, 6) is 0.110. The number of nitrogens with zero attached hydrogens (tertiary/aromatic N) is 2. The molecule has 0 radical (unpaired) electrons. The van der Waals surface area contributed by atoms with Crippen molar-refractivity contribution in [1.29, 1.82) is 0 Å². The maximum absolute atomic E-state index is 11.8. The van der Waals surface area contributed by atoms with Crippen LogP contribution in [0.2, 0.25) is 0 Å². The first-order chi connectivity index (χ1) is 10.9. The molecule has 0 saturated carbocycles. The molecule has 0 aliphatic carbocycles. The highest BCUT2D eigenvalue weighted by molar-refractivity contribution is 5.94. The number of non-ortho nitro benzene ring substituents is 1. The Bertz CT molecular complexity index is 588. The number of amides is 1. The lowest BCUT2D eigenvalue weighted by Gasteiger charge is -2.06. The van der Waals surface area contributed by atoms with Crippen LogP contribution in [0.4, 0.5) is 5.69 Å². The van der Waals surface area contributed by atoms with Crippen LogP contribution in [0.25, 0.3) is 0 Å². The van der Waals surface area contributed by atoms with E-state index in [1.54, 1.807) is 6.21 Å². The Hall–Kier alpha value is -2.50. The fraction of sp³-hybridized carbons (Fsp3) is 0.412. The number of hydrogen-bond donors (Lipinski definition) is 1. The van der Waals surface area contributed by atoms with Crippen LogP contribution in [0.3, 0.4) is 0 Å².